The summed E-state index contributed by atoms with van der Waals surface area (Å²) in [5.74, 6) is -0.469. The van der Waals surface area contributed by atoms with Gasteiger partial charge in [0.2, 0.25) is 0 Å². The highest BCUT2D eigenvalue weighted by Gasteiger charge is 2.05. The zero-order valence-corrected chi connectivity index (χ0v) is 10.5. The van der Waals surface area contributed by atoms with E-state index in [1.807, 2.05) is 10.8 Å². The standard InChI is InChI=1S/C12H14ClFN4/c13-9-6-11(15)12(7-10(9)14)17-2-1-4-18-5-3-16-8-18/h3,5-8,17H,1-2,4,15H2. The Morgan fingerprint density at radius 3 is 3.00 bits per heavy atom. The predicted molar refractivity (Wildman–Crippen MR) is 71.2 cm³/mol. The first-order chi connectivity index (χ1) is 8.66. The molecule has 0 unspecified atom stereocenters. The fraction of sp³-hybridized carbons (Fsp3) is 0.250. The van der Waals surface area contributed by atoms with Crippen LogP contribution in [0, 0.1) is 5.82 Å². The van der Waals surface area contributed by atoms with Gasteiger partial charge in [-0.25, -0.2) is 9.37 Å². The average Bonchev–Trinajstić information content (AvgIpc) is 2.84. The summed E-state index contributed by atoms with van der Waals surface area (Å²) in [6, 6.07) is 2.73. The van der Waals surface area contributed by atoms with Gasteiger partial charge in [0.15, 0.2) is 0 Å². The van der Waals surface area contributed by atoms with Crippen molar-refractivity contribution in [3.05, 3.63) is 41.7 Å². The molecule has 18 heavy (non-hydrogen) atoms. The maximum absolute atomic E-state index is 13.3. The van der Waals surface area contributed by atoms with Crippen molar-refractivity contribution in [3.8, 4) is 0 Å². The Balaban J connectivity index is 1.85. The van der Waals surface area contributed by atoms with Crippen LogP contribution in [0.1, 0.15) is 6.42 Å². The molecule has 0 atom stereocenters. The lowest BCUT2D eigenvalue weighted by molar-refractivity contribution is 0.628. The lowest BCUT2D eigenvalue weighted by Gasteiger charge is -2.10. The number of benzene rings is 1. The molecule has 96 valence electrons. The number of aryl methyl sites for hydroxylation is 1. The number of anilines is 2. The molecule has 0 fully saturated rings. The van der Waals surface area contributed by atoms with Crippen molar-refractivity contribution < 1.29 is 4.39 Å². The predicted octanol–water partition coefficient (Wildman–Crippen LogP) is 2.76. The number of nitrogen functional groups attached to an aromatic ring is 1. The summed E-state index contributed by atoms with van der Waals surface area (Å²) in [6.07, 6.45) is 6.28. The lowest BCUT2D eigenvalue weighted by atomic mass is 10.2. The van der Waals surface area contributed by atoms with Gasteiger partial charge in [-0.2, -0.15) is 0 Å². The van der Waals surface area contributed by atoms with Crippen LogP contribution in [0.25, 0.3) is 0 Å². The largest absolute Gasteiger partial charge is 0.397 e. The Hall–Kier alpha value is -1.75. The van der Waals surface area contributed by atoms with Gasteiger partial charge in [-0.05, 0) is 12.5 Å². The average molecular weight is 269 g/mol. The van der Waals surface area contributed by atoms with Crippen molar-refractivity contribution in [1.82, 2.24) is 9.55 Å². The molecule has 3 N–H and O–H groups in total. The van der Waals surface area contributed by atoms with E-state index in [4.69, 9.17) is 17.3 Å². The summed E-state index contributed by atoms with van der Waals surface area (Å²) in [5.41, 5.74) is 6.76. The second kappa shape index (κ2) is 5.73. The van der Waals surface area contributed by atoms with Crippen LogP contribution < -0.4 is 11.1 Å². The third-order valence-corrected chi connectivity index (χ3v) is 2.85. The van der Waals surface area contributed by atoms with Crippen LogP contribution in [-0.2, 0) is 6.54 Å². The summed E-state index contributed by atoms with van der Waals surface area (Å²) in [7, 11) is 0. The first kappa shape index (κ1) is 12.7. The van der Waals surface area contributed by atoms with E-state index in [1.54, 1.807) is 12.5 Å². The number of halogens is 2. The SMILES string of the molecule is Nc1cc(Cl)c(F)cc1NCCCn1ccnc1. The highest BCUT2D eigenvalue weighted by molar-refractivity contribution is 6.31. The van der Waals surface area contributed by atoms with E-state index in [2.05, 4.69) is 10.3 Å². The van der Waals surface area contributed by atoms with Gasteiger partial charge in [-0.3, -0.25) is 0 Å². The molecule has 0 saturated heterocycles. The molecular formula is C12H14ClFN4. The second-order valence-electron chi connectivity index (χ2n) is 3.93. The summed E-state index contributed by atoms with van der Waals surface area (Å²) in [4.78, 5) is 3.95. The Morgan fingerprint density at radius 1 is 1.44 bits per heavy atom. The van der Waals surface area contributed by atoms with E-state index in [0.717, 1.165) is 13.0 Å². The van der Waals surface area contributed by atoms with Gasteiger partial charge >= 0.3 is 0 Å². The molecule has 2 rings (SSSR count). The van der Waals surface area contributed by atoms with Gasteiger partial charge in [0.1, 0.15) is 5.82 Å². The van der Waals surface area contributed by atoms with E-state index in [0.29, 0.717) is 17.9 Å². The van der Waals surface area contributed by atoms with Crippen molar-refractivity contribution >= 4 is 23.0 Å². The van der Waals surface area contributed by atoms with Crippen molar-refractivity contribution in [1.29, 1.82) is 0 Å². The number of aromatic nitrogens is 2. The fourth-order valence-electron chi connectivity index (χ4n) is 1.62. The van der Waals surface area contributed by atoms with Gasteiger partial charge in [0.05, 0.1) is 22.7 Å². The quantitative estimate of drug-likeness (QED) is 0.648. The molecule has 0 amide bonds. The maximum atomic E-state index is 13.3. The topological polar surface area (TPSA) is 55.9 Å². The monoisotopic (exact) mass is 268 g/mol. The molecule has 0 spiro atoms. The third kappa shape index (κ3) is 3.13. The van der Waals surface area contributed by atoms with Crippen LogP contribution in [0.2, 0.25) is 5.02 Å². The minimum atomic E-state index is -0.469. The van der Waals surface area contributed by atoms with Gasteiger partial charge in [-0.1, -0.05) is 11.6 Å². The highest BCUT2D eigenvalue weighted by Crippen LogP contribution is 2.25. The van der Waals surface area contributed by atoms with Crippen LogP contribution in [0.4, 0.5) is 15.8 Å². The van der Waals surface area contributed by atoms with Gasteiger partial charge in [0.25, 0.3) is 0 Å². The lowest BCUT2D eigenvalue weighted by Crippen LogP contribution is -2.07. The molecule has 0 bridgehead atoms. The molecule has 6 heteroatoms. The number of imidazole rings is 1. The molecule has 0 radical (unpaired) electrons. The minimum Gasteiger partial charge on any atom is -0.397 e. The summed E-state index contributed by atoms with van der Waals surface area (Å²) in [5, 5.41) is 3.12. The number of nitrogens with one attached hydrogen (secondary N) is 1. The Labute approximate surface area is 110 Å². The molecule has 0 saturated carbocycles. The Bertz CT molecular complexity index is 513. The molecule has 1 heterocycles. The number of nitrogens with zero attached hydrogens (tertiary/aromatic N) is 2. The smallest absolute Gasteiger partial charge is 0.143 e. The normalized spacial score (nSPS) is 10.6. The van der Waals surface area contributed by atoms with Gasteiger partial charge in [0, 0.05) is 31.5 Å². The Kier molecular flexibility index (Phi) is 4.04. The number of hydrogen-bond acceptors (Lipinski definition) is 3. The number of hydrogen-bond donors (Lipinski definition) is 2. The van der Waals surface area contributed by atoms with Crippen molar-refractivity contribution in [2.24, 2.45) is 0 Å². The van der Waals surface area contributed by atoms with Crippen LogP contribution in [0.5, 0.6) is 0 Å². The summed E-state index contributed by atoms with van der Waals surface area (Å²) < 4.78 is 15.2. The highest BCUT2D eigenvalue weighted by atomic mass is 35.5. The first-order valence-corrected chi connectivity index (χ1v) is 5.99. The van der Waals surface area contributed by atoms with E-state index in [-0.39, 0.29) is 5.02 Å². The molecule has 0 aliphatic heterocycles. The van der Waals surface area contributed by atoms with Crippen LogP contribution in [-0.4, -0.2) is 16.1 Å². The van der Waals surface area contributed by atoms with E-state index in [9.17, 15) is 4.39 Å². The zero-order valence-electron chi connectivity index (χ0n) is 9.74. The molecular weight excluding hydrogens is 255 g/mol. The second-order valence-corrected chi connectivity index (χ2v) is 4.34. The van der Waals surface area contributed by atoms with Crippen LogP contribution in [0.15, 0.2) is 30.9 Å². The molecule has 1 aromatic heterocycles. The molecule has 0 aliphatic rings. The first-order valence-electron chi connectivity index (χ1n) is 5.61. The molecule has 0 aliphatic carbocycles. The van der Waals surface area contributed by atoms with E-state index in [1.165, 1.54) is 12.1 Å². The number of rotatable bonds is 5. The number of nitrogens with two attached hydrogens (primary N) is 1. The molecule has 4 nitrogen and oxygen atoms in total. The van der Waals surface area contributed by atoms with Crippen LogP contribution >= 0.6 is 11.6 Å². The summed E-state index contributed by atoms with van der Waals surface area (Å²) >= 11 is 5.62. The molecule has 1 aromatic carbocycles. The summed E-state index contributed by atoms with van der Waals surface area (Å²) in [6.45, 7) is 1.55. The van der Waals surface area contributed by atoms with Crippen LogP contribution in [0.3, 0.4) is 0 Å². The fourth-order valence-corrected chi connectivity index (χ4v) is 1.79. The minimum absolute atomic E-state index is 0.0384. The maximum Gasteiger partial charge on any atom is 0.143 e. The van der Waals surface area contributed by atoms with E-state index < -0.39 is 5.82 Å². The Morgan fingerprint density at radius 2 is 2.28 bits per heavy atom. The van der Waals surface area contributed by atoms with Gasteiger partial charge < -0.3 is 15.6 Å². The van der Waals surface area contributed by atoms with Gasteiger partial charge in [-0.15, -0.1) is 0 Å². The zero-order chi connectivity index (χ0) is 13.0. The van der Waals surface area contributed by atoms with Crippen molar-refractivity contribution in [2.75, 3.05) is 17.6 Å². The van der Waals surface area contributed by atoms with Crippen molar-refractivity contribution in [3.63, 3.8) is 0 Å². The third-order valence-electron chi connectivity index (χ3n) is 2.56. The van der Waals surface area contributed by atoms with Crippen molar-refractivity contribution in [2.45, 2.75) is 13.0 Å². The van der Waals surface area contributed by atoms with E-state index >= 15 is 0 Å². The molecule has 2 aromatic rings.